The van der Waals surface area contributed by atoms with Crippen LogP contribution in [0.1, 0.15) is 24.6 Å². The van der Waals surface area contributed by atoms with Crippen molar-refractivity contribution >= 4 is 22.8 Å². The monoisotopic (exact) mass is 336 g/mol. The first-order chi connectivity index (χ1) is 11.9. The van der Waals surface area contributed by atoms with Gasteiger partial charge in [0.1, 0.15) is 11.6 Å². The summed E-state index contributed by atoms with van der Waals surface area (Å²) in [5, 5.41) is 11.1. The quantitative estimate of drug-likeness (QED) is 0.741. The van der Waals surface area contributed by atoms with Gasteiger partial charge in [0, 0.05) is 35.2 Å². The first-order valence-electron chi connectivity index (χ1n) is 8.33. The molecule has 1 fully saturated rings. The van der Waals surface area contributed by atoms with Gasteiger partial charge in [-0.15, -0.1) is 0 Å². The minimum Gasteiger partial charge on any atom is -0.340 e. The molecule has 2 N–H and O–H groups in total. The molecule has 0 spiro atoms. The number of nitrogens with zero attached hydrogens (tertiary/aromatic N) is 2. The van der Waals surface area contributed by atoms with E-state index >= 15 is 0 Å². The van der Waals surface area contributed by atoms with Crippen LogP contribution >= 0.6 is 11.3 Å². The molecule has 0 amide bonds. The lowest BCUT2D eigenvalue weighted by molar-refractivity contribution is 0.447. The van der Waals surface area contributed by atoms with Crippen LogP contribution in [0.25, 0.3) is 11.3 Å². The first-order valence-corrected chi connectivity index (χ1v) is 9.27. The van der Waals surface area contributed by atoms with Crippen LogP contribution in [-0.4, -0.2) is 23.1 Å². The van der Waals surface area contributed by atoms with E-state index in [-0.39, 0.29) is 0 Å². The van der Waals surface area contributed by atoms with E-state index in [2.05, 4.69) is 27.5 Å². The van der Waals surface area contributed by atoms with Crippen molar-refractivity contribution in [2.45, 2.75) is 18.8 Å². The normalized spacial score (nSPS) is 17.6. The number of hydrogen-bond acceptors (Lipinski definition) is 5. The van der Waals surface area contributed by atoms with E-state index in [1.165, 1.54) is 6.42 Å². The van der Waals surface area contributed by atoms with Gasteiger partial charge in [0.25, 0.3) is 0 Å². The largest absolute Gasteiger partial charge is 0.340 e. The summed E-state index contributed by atoms with van der Waals surface area (Å²) in [5.74, 6) is 2.18. The van der Waals surface area contributed by atoms with E-state index < -0.39 is 0 Å². The van der Waals surface area contributed by atoms with E-state index in [1.807, 2.05) is 36.4 Å². The van der Waals surface area contributed by atoms with E-state index in [1.54, 1.807) is 11.3 Å². The molecule has 122 valence electrons. The summed E-state index contributed by atoms with van der Waals surface area (Å²) >= 11 is 1.69. The molecule has 0 aliphatic carbocycles. The highest BCUT2D eigenvalue weighted by Gasteiger charge is 2.19. The Kier molecular flexibility index (Phi) is 4.53. The van der Waals surface area contributed by atoms with Gasteiger partial charge in [-0.2, -0.15) is 11.3 Å². The topological polar surface area (TPSA) is 49.8 Å². The molecule has 0 unspecified atom stereocenters. The average molecular weight is 336 g/mol. The zero-order valence-electron chi connectivity index (χ0n) is 13.4. The van der Waals surface area contributed by atoms with Gasteiger partial charge < -0.3 is 10.6 Å². The smallest absolute Gasteiger partial charge is 0.135 e. The standard InChI is InChI=1S/C19H20N4S/c1-2-6-16(7-3-1)21-18-11-17(15-8-10-24-13-15)22-19(23-18)14-5-4-9-20-12-14/h1-3,6-8,10-11,13-14,20H,4-5,9,12H2,(H,21,22,23)/t14-/m0/s1. The van der Waals surface area contributed by atoms with Crippen LogP contribution in [0.15, 0.2) is 53.2 Å². The van der Waals surface area contributed by atoms with Crippen molar-refractivity contribution in [3.8, 4) is 11.3 Å². The lowest BCUT2D eigenvalue weighted by atomic mass is 9.98. The molecule has 3 aromatic rings. The Bertz CT molecular complexity index is 780. The summed E-state index contributed by atoms with van der Waals surface area (Å²) in [4.78, 5) is 9.66. The number of para-hydroxylation sites is 1. The number of benzene rings is 1. The number of piperidine rings is 1. The summed E-state index contributed by atoms with van der Waals surface area (Å²) in [5.41, 5.74) is 3.19. The first kappa shape index (κ1) is 15.3. The van der Waals surface area contributed by atoms with Crippen LogP contribution in [0.2, 0.25) is 0 Å². The summed E-state index contributed by atoms with van der Waals surface area (Å²) in [6.45, 7) is 2.05. The molecule has 2 aromatic heterocycles. The van der Waals surface area contributed by atoms with Gasteiger partial charge in [-0.3, -0.25) is 0 Å². The van der Waals surface area contributed by atoms with E-state index in [0.29, 0.717) is 5.92 Å². The zero-order chi connectivity index (χ0) is 16.2. The molecule has 4 nitrogen and oxygen atoms in total. The average Bonchev–Trinajstić information content (AvgIpc) is 3.18. The van der Waals surface area contributed by atoms with Crippen molar-refractivity contribution in [3.05, 3.63) is 59.0 Å². The van der Waals surface area contributed by atoms with E-state index in [9.17, 15) is 0 Å². The number of hydrogen-bond donors (Lipinski definition) is 2. The van der Waals surface area contributed by atoms with Crippen molar-refractivity contribution in [2.24, 2.45) is 0 Å². The molecule has 0 bridgehead atoms. The Hall–Kier alpha value is -2.24. The van der Waals surface area contributed by atoms with Crippen molar-refractivity contribution in [3.63, 3.8) is 0 Å². The minimum atomic E-state index is 0.383. The molecular formula is C19H20N4S. The lowest BCUT2D eigenvalue weighted by Gasteiger charge is -2.22. The number of nitrogens with one attached hydrogen (secondary N) is 2. The Morgan fingerprint density at radius 3 is 2.79 bits per heavy atom. The Morgan fingerprint density at radius 2 is 2.04 bits per heavy atom. The molecule has 1 saturated heterocycles. The maximum atomic E-state index is 4.86. The third-order valence-electron chi connectivity index (χ3n) is 4.27. The lowest BCUT2D eigenvalue weighted by Crippen LogP contribution is -2.29. The van der Waals surface area contributed by atoms with Crippen LogP contribution in [0.4, 0.5) is 11.5 Å². The van der Waals surface area contributed by atoms with Crippen LogP contribution in [0.5, 0.6) is 0 Å². The maximum Gasteiger partial charge on any atom is 0.135 e. The Morgan fingerprint density at radius 1 is 1.12 bits per heavy atom. The number of thiophene rings is 1. The van der Waals surface area contributed by atoms with Gasteiger partial charge in [0.05, 0.1) is 5.69 Å². The highest BCUT2D eigenvalue weighted by molar-refractivity contribution is 7.08. The molecule has 5 heteroatoms. The van der Waals surface area contributed by atoms with Crippen molar-refractivity contribution < 1.29 is 0 Å². The fourth-order valence-electron chi connectivity index (χ4n) is 3.01. The highest BCUT2D eigenvalue weighted by atomic mass is 32.1. The van der Waals surface area contributed by atoms with Crippen LogP contribution < -0.4 is 10.6 Å². The SMILES string of the molecule is c1ccc(Nc2cc(-c3ccsc3)nc([C@H]3CCCNC3)n2)cc1. The maximum absolute atomic E-state index is 4.86. The van der Waals surface area contributed by atoms with Crippen molar-refractivity contribution in [2.75, 3.05) is 18.4 Å². The Labute approximate surface area is 146 Å². The van der Waals surface area contributed by atoms with Crippen LogP contribution in [0, 0.1) is 0 Å². The van der Waals surface area contributed by atoms with E-state index in [4.69, 9.17) is 9.97 Å². The minimum absolute atomic E-state index is 0.383. The fourth-order valence-corrected chi connectivity index (χ4v) is 3.66. The molecule has 1 aliphatic heterocycles. The summed E-state index contributed by atoms with van der Waals surface area (Å²) in [7, 11) is 0. The molecule has 1 atom stereocenters. The fraction of sp³-hybridized carbons (Fsp3) is 0.263. The molecule has 0 radical (unpaired) electrons. The molecule has 4 rings (SSSR count). The summed E-state index contributed by atoms with van der Waals surface area (Å²) in [6, 6.07) is 14.3. The van der Waals surface area contributed by atoms with Gasteiger partial charge in [0.2, 0.25) is 0 Å². The number of aromatic nitrogens is 2. The predicted octanol–water partition coefficient (Wildman–Crippen LogP) is 4.42. The van der Waals surface area contributed by atoms with Gasteiger partial charge in [0.15, 0.2) is 0 Å². The zero-order valence-corrected chi connectivity index (χ0v) is 14.2. The van der Waals surface area contributed by atoms with E-state index in [0.717, 1.165) is 48.1 Å². The van der Waals surface area contributed by atoms with Gasteiger partial charge in [-0.25, -0.2) is 9.97 Å². The van der Waals surface area contributed by atoms with Crippen LogP contribution in [-0.2, 0) is 0 Å². The molecular weight excluding hydrogens is 316 g/mol. The van der Waals surface area contributed by atoms with Crippen molar-refractivity contribution in [1.29, 1.82) is 0 Å². The van der Waals surface area contributed by atoms with Crippen molar-refractivity contribution in [1.82, 2.24) is 15.3 Å². The van der Waals surface area contributed by atoms with Gasteiger partial charge >= 0.3 is 0 Å². The third-order valence-corrected chi connectivity index (χ3v) is 4.95. The molecule has 1 aliphatic rings. The highest BCUT2D eigenvalue weighted by Crippen LogP contribution is 2.28. The molecule has 1 aromatic carbocycles. The van der Waals surface area contributed by atoms with Gasteiger partial charge in [-0.05, 0) is 43.0 Å². The molecule has 0 saturated carbocycles. The second-order valence-corrected chi connectivity index (χ2v) is 6.82. The molecule has 24 heavy (non-hydrogen) atoms. The van der Waals surface area contributed by atoms with Gasteiger partial charge in [-0.1, -0.05) is 18.2 Å². The van der Waals surface area contributed by atoms with Crippen LogP contribution in [0.3, 0.4) is 0 Å². The summed E-state index contributed by atoms with van der Waals surface area (Å²) in [6.07, 6.45) is 2.32. The Balaban J connectivity index is 1.70. The number of rotatable bonds is 4. The number of anilines is 2. The second-order valence-electron chi connectivity index (χ2n) is 6.04. The molecule has 3 heterocycles. The summed E-state index contributed by atoms with van der Waals surface area (Å²) < 4.78 is 0. The third kappa shape index (κ3) is 3.47. The predicted molar refractivity (Wildman–Crippen MR) is 99.9 cm³/mol. The second kappa shape index (κ2) is 7.11.